The highest BCUT2D eigenvalue weighted by Gasteiger charge is 2.34. The van der Waals surface area contributed by atoms with E-state index in [1.807, 2.05) is 22.8 Å². The Kier molecular flexibility index (Phi) is 4.13. The second-order valence-electron chi connectivity index (χ2n) is 6.87. The van der Waals surface area contributed by atoms with Crippen LogP contribution in [0, 0.1) is 6.92 Å². The smallest absolute Gasteiger partial charge is 0.300 e. The summed E-state index contributed by atoms with van der Waals surface area (Å²) in [7, 11) is 0. The van der Waals surface area contributed by atoms with Crippen molar-refractivity contribution >= 4 is 21.4 Å². The molecule has 6 heteroatoms. The first-order valence-electron chi connectivity index (χ1n) is 9.11. The molecule has 0 spiro atoms. The fraction of sp³-hybridized carbons (Fsp3) is 0.182. The fourth-order valence-electron chi connectivity index (χ4n) is 3.57. The minimum Gasteiger partial charge on any atom is -0.482 e. The summed E-state index contributed by atoms with van der Waals surface area (Å²) in [5.74, 6) is 0.797. The van der Waals surface area contributed by atoms with E-state index in [1.54, 1.807) is 17.5 Å². The van der Waals surface area contributed by atoms with E-state index < -0.39 is 0 Å². The maximum atomic E-state index is 11.6. The van der Waals surface area contributed by atoms with Crippen LogP contribution in [0.5, 0.6) is 11.8 Å². The van der Waals surface area contributed by atoms with E-state index in [0.29, 0.717) is 12.6 Å². The number of nitrogens with zero attached hydrogens (tertiary/aromatic N) is 2. The van der Waals surface area contributed by atoms with Crippen LogP contribution in [0.1, 0.15) is 17.2 Å². The van der Waals surface area contributed by atoms with Gasteiger partial charge in [-0.15, -0.1) is 11.3 Å². The first kappa shape index (κ1) is 17.0. The summed E-state index contributed by atoms with van der Waals surface area (Å²) in [6.07, 6.45) is 1.11. The standard InChI is InChI=1S/C22H18N2O3S/c1-14-4-2-3-5-17(14)21(18-13-24-10-8-20(25)23-22(24)27-18)26-16-7-6-15-9-11-28-19(15)12-16/h2-12,18,21H,13H2,1H3. The number of hydrogen-bond donors (Lipinski definition) is 0. The molecule has 0 saturated carbocycles. The van der Waals surface area contributed by atoms with Crippen molar-refractivity contribution in [2.24, 2.45) is 0 Å². The molecule has 0 fully saturated rings. The van der Waals surface area contributed by atoms with Gasteiger partial charge in [0, 0.05) is 17.0 Å². The zero-order chi connectivity index (χ0) is 19.1. The van der Waals surface area contributed by atoms with E-state index in [4.69, 9.17) is 9.47 Å². The molecule has 1 aliphatic heterocycles. The first-order valence-corrected chi connectivity index (χ1v) is 9.99. The Morgan fingerprint density at radius 2 is 2.11 bits per heavy atom. The molecule has 5 nitrogen and oxygen atoms in total. The second kappa shape index (κ2) is 6.80. The number of benzene rings is 2. The normalized spacial score (nSPS) is 16.5. The van der Waals surface area contributed by atoms with Crippen molar-refractivity contribution in [2.45, 2.75) is 25.7 Å². The van der Waals surface area contributed by atoms with Crippen molar-refractivity contribution in [3.05, 3.63) is 87.7 Å². The van der Waals surface area contributed by atoms with Gasteiger partial charge in [0.25, 0.3) is 11.6 Å². The molecule has 0 saturated heterocycles. The van der Waals surface area contributed by atoms with Gasteiger partial charge in [-0.3, -0.25) is 9.36 Å². The van der Waals surface area contributed by atoms with Crippen molar-refractivity contribution in [2.75, 3.05) is 0 Å². The predicted molar refractivity (Wildman–Crippen MR) is 109 cm³/mol. The lowest BCUT2D eigenvalue weighted by Gasteiger charge is -2.25. The topological polar surface area (TPSA) is 53.4 Å². The average molecular weight is 390 g/mol. The molecule has 140 valence electrons. The molecule has 3 heterocycles. The Balaban J connectivity index is 1.52. The molecule has 2 aromatic carbocycles. The minimum atomic E-state index is -0.324. The van der Waals surface area contributed by atoms with Gasteiger partial charge < -0.3 is 9.47 Å². The Labute approximate surface area is 165 Å². The molecule has 0 N–H and O–H groups in total. The monoisotopic (exact) mass is 390 g/mol. The number of fused-ring (bicyclic) bond motifs is 2. The van der Waals surface area contributed by atoms with Crippen LogP contribution in [-0.4, -0.2) is 15.7 Å². The summed E-state index contributed by atoms with van der Waals surface area (Å²) in [6, 6.07) is 18.2. The van der Waals surface area contributed by atoms with E-state index in [-0.39, 0.29) is 17.8 Å². The van der Waals surface area contributed by atoms with Gasteiger partial charge in [-0.25, -0.2) is 0 Å². The van der Waals surface area contributed by atoms with Gasteiger partial charge in [-0.2, -0.15) is 4.98 Å². The lowest BCUT2D eigenvalue weighted by Crippen LogP contribution is -2.29. The summed E-state index contributed by atoms with van der Waals surface area (Å²) in [5, 5.41) is 3.28. The van der Waals surface area contributed by atoms with Crippen molar-refractivity contribution in [3.63, 3.8) is 0 Å². The van der Waals surface area contributed by atoms with Crippen molar-refractivity contribution in [1.29, 1.82) is 0 Å². The molecule has 2 unspecified atom stereocenters. The lowest BCUT2D eigenvalue weighted by atomic mass is 9.99. The minimum absolute atomic E-state index is 0.283. The van der Waals surface area contributed by atoms with Crippen LogP contribution in [0.15, 0.2) is 71.0 Å². The number of ether oxygens (including phenoxy) is 2. The summed E-state index contributed by atoms with van der Waals surface area (Å²) in [4.78, 5) is 15.6. The molecule has 0 radical (unpaired) electrons. The average Bonchev–Trinajstić information content (AvgIpc) is 3.32. The molecular weight excluding hydrogens is 372 g/mol. The maximum Gasteiger partial charge on any atom is 0.300 e. The quantitative estimate of drug-likeness (QED) is 0.520. The highest BCUT2D eigenvalue weighted by Crippen LogP contribution is 2.34. The second-order valence-corrected chi connectivity index (χ2v) is 7.82. The molecule has 5 rings (SSSR count). The van der Waals surface area contributed by atoms with E-state index in [9.17, 15) is 4.79 Å². The van der Waals surface area contributed by atoms with Crippen LogP contribution in [-0.2, 0) is 6.54 Å². The Morgan fingerprint density at radius 1 is 1.21 bits per heavy atom. The number of hydrogen-bond acceptors (Lipinski definition) is 5. The van der Waals surface area contributed by atoms with E-state index >= 15 is 0 Å². The lowest BCUT2D eigenvalue weighted by molar-refractivity contribution is 0.0642. The third-order valence-corrected chi connectivity index (χ3v) is 5.89. The van der Waals surface area contributed by atoms with Crippen molar-refractivity contribution in [1.82, 2.24) is 9.55 Å². The van der Waals surface area contributed by atoms with Gasteiger partial charge in [0.1, 0.15) is 5.75 Å². The van der Waals surface area contributed by atoms with Crippen molar-refractivity contribution in [3.8, 4) is 11.8 Å². The molecule has 0 amide bonds. The first-order chi connectivity index (χ1) is 13.7. The number of thiophene rings is 1. The van der Waals surface area contributed by atoms with Crippen molar-refractivity contribution < 1.29 is 9.47 Å². The van der Waals surface area contributed by atoms with Crippen LogP contribution in [0.25, 0.3) is 10.1 Å². The van der Waals surface area contributed by atoms with Crippen LogP contribution < -0.4 is 15.0 Å². The molecule has 0 aliphatic carbocycles. The largest absolute Gasteiger partial charge is 0.482 e. The summed E-state index contributed by atoms with van der Waals surface area (Å²) < 4.78 is 15.5. The zero-order valence-corrected chi connectivity index (χ0v) is 16.1. The zero-order valence-electron chi connectivity index (χ0n) is 15.2. The predicted octanol–water partition coefficient (Wildman–Crippen LogP) is 4.35. The van der Waals surface area contributed by atoms with E-state index in [1.165, 1.54) is 16.2 Å². The van der Waals surface area contributed by atoms with Gasteiger partial charge >= 0.3 is 0 Å². The summed E-state index contributed by atoms with van der Waals surface area (Å²) in [6.45, 7) is 2.64. The van der Waals surface area contributed by atoms with Crippen LogP contribution in [0.4, 0.5) is 0 Å². The summed E-state index contributed by atoms with van der Waals surface area (Å²) >= 11 is 1.69. The molecule has 28 heavy (non-hydrogen) atoms. The Morgan fingerprint density at radius 3 is 3.00 bits per heavy atom. The van der Waals surface area contributed by atoms with Gasteiger partial charge in [-0.05, 0) is 53.1 Å². The van der Waals surface area contributed by atoms with Gasteiger partial charge in [-0.1, -0.05) is 24.3 Å². The molecule has 4 aromatic rings. The fourth-order valence-corrected chi connectivity index (χ4v) is 4.39. The highest BCUT2D eigenvalue weighted by molar-refractivity contribution is 7.17. The number of rotatable bonds is 4. The molecule has 0 bridgehead atoms. The molecule has 2 atom stereocenters. The third kappa shape index (κ3) is 3.05. The van der Waals surface area contributed by atoms with E-state index in [2.05, 4.69) is 47.6 Å². The molecular formula is C22H18N2O3S. The molecule has 2 aromatic heterocycles. The van der Waals surface area contributed by atoms with Crippen LogP contribution in [0.2, 0.25) is 0 Å². The highest BCUT2D eigenvalue weighted by atomic mass is 32.1. The van der Waals surface area contributed by atoms with Gasteiger partial charge in [0.15, 0.2) is 12.2 Å². The number of aromatic nitrogens is 2. The third-order valence-electron chi connectivity index (χ3n) is 5.01. The SMILES string of the molecule is Cc1ccccc1C(Oc1ccc2ccsc2c1)C1Cn2ccc(=O)nc2O1. The molecule has 1 aliphatic rings. The van der Waals surface area contributed by atoms with Gasteiger partial charge in [0.2, 0.25) is 0 Å². The van der Waals surface area contributed by atoms with Crippen LogP contribution in [0.3, 0.4) is 0 Å². The Bertz CT molecular complexity index is 1210. The van der Waals surface area contributed by atoms with Crippen LogP contribution >= 0.6 is 11.3 Å². The maximum absolute atomic E-state index is 11.6. The summed E-state index contributed by atoms with van der Waals surface area (Å²) in [5.41, 5.74) is 1.89. The Hall–Kier alpha value is -3.12. The van der Waals surface area contributed by atoms with E-state index in [0.717, 1.165) is 16.9 Å². The van der Waals surface area contributed by atoms with Gasteiger partial charge in [0.05, 0.1) is 6.54 Å². The number of aryl methyl sites for hydroxylation is 1.